The first-order chi connectivity index (χ1) is 15.6. The van der Waals surface area contributed by atoms with Crippen molar-refractivity contribution in [1.29, 1.82) is 0 Å². The Morgan fingerprint density at radius 1 is 1.00 bits per heavy atom. The fourth-order valence-corrected chi connectivity index (χ4v) is 4.69. The molecule has 0 saturated carbocycles. The van der Waals surface area contributed by atoms with Gasteiger partial charge in [-0.25, -0.2) is 0 Å². The summed E-state index contributed by atoms with van der Waals surface area (Å²) in [6.07, 6.45) is 8.65. The van der Waals surface area contributed by atoms with Crippen LogP contribution in [0.1, 0.15) is 16.0 Å². The van der Waals surface area contributed by atoms with Crippen molar-refractivity contribution >= 4 is 39.9 Å². The summed E-state index contributed by atoms with van der Waals surface area (Å²) in [5, 5.41) is 4.37. The fourth-order valence-electron chi connectivity index (χ4n) is 4.08. The Kier molecular flexibility index (Phi) is 5.24. The van der Waals surface area contributed by atoms with E-state index in [1.807, 2.05) is 6.07 Å². The van der Waals surface area contributed by atoms with Gasteiger partial charge in [-0.1, -0.05) is 24.3 Å². The topological polar surface area (TPSA) is 21.7 Å². The summed E-state index contributed by atoms with van der Waals surface area (Å²) in [6.45, 7) is 0. The molecule has 1 aromatic heterocycles. The number of nitrogens with zero attached hydrogens (tertiary/aromatic N) is 1. The van der Waals surface area contributed by atoms with Gasteiger partial charge in [0.25, 0.3) is 0 Å². The highest BCUT2D eigenvalue weighted by Crippen LogP contribution is 2.42. The van der Waals surface area contributed by atoms with E-state index in [0.717, 1.165) is 39.1 Å². The molecule has 1 aliphatic heterocycles. The van der Waals surface area contributed by atoms with Gasteiger partial charge < -0.3 is 14.4 Å². The zero-order chi connectivity index (χ0) is 22.1. The van der Waals surface area contributed by atoms with Gasteiger partial charge in [-0.3, -0.25) is 0 Å². The summed E-state index contributed by atoms with van der Waals surface area (Å²) in [6, 6.07) is 23.1. The number of hydrogen-bond acceptors (Lipinski definition) is 4. The third-order valence-electron chi connectivity index (χ3n) is 5.88. The highest BCUT2D eigenvalue weighted by atomic mass is 32.1. The van der Waals surface area contributed by atoms with E-state index in [1.165, 1.54) is 4.88 Å². The van der Waals surface area contributed by atoms with Gasteiger partial charge in [-0.15, -0.1) is 11.3 Å². The van der Waals surface area contributed by atoms with Gasteiger partial charge in [-0.05, 0) is 82.9 Å². The number of fused-ring (bicyclic) bond motifs is 3. The van der Waals surface area contributed by atoms with E-state index >= 15 is 0 Å². The lowest BCUT2D eigenvalue weighted by Crippen LogP contribution is -2.30. The Morgan fingerprint density at radius 2 is 1.84 bits per heavy atom. The third kappa shape index (κ3) is 3.67. The second-order valence-corrected chi connectivity index (χ2v) is 9.06. The van der Waals surface area contributed by atoms with Crippen LogP contribution in [0.25, 0.3) is 22.9 Å². The minimum Gasteiger partial charge on any atom is -0.497 e. The monoisotopic (exact) mass is 439 g/mol. The first kappa shape index (κ1) is 20.4. The molecular weight excluding hydrogens is 414 g/mol. The molecule has 1 aliphatic rings. The van der Waals surface area contributed by atoms with Gasteiger partial charge in [-0.2, -0.15) is 0 Å². The normalized spacial score (nSPS) is 17.3. The predicted molar refractivity (Wildman–Crippen MR) is 136 cm³/mol. The summed E-state index contributed by atoms with van der Waals surface area (Å²) < 4.78 is 12.1. The Balaban J connectivity index is 1.61. The molecule has 0 N–H and O–H groups in total. The molecule has 0 aliphatic carbocycles. The van der Waals surface area contributed by atoms with Crippen LogP contribution in [0.4, 0.5) is 5.69 Å². The van der Waals surface area contributed by atoms with Crippen molar-refractivity contribution in [1.82, 2.24) is 0 Å². The first-order valence-electron chi connectivity index (χ1n) is 10.6. The zero-order valence-corrected chi connectivity index (χ0v) is 19.2. The van der Waals surface area contributed by atoms with Crippen molar-refractivity contribution in [2.75, 3.05) is 26.1 Å². The van der Waals surface area contributed by atoms with Gasteiger partial charge in [0.15, 0.2) is 5.60 Å². The zero-order valence-electron chi connectivity index (χ0n) is 18.4. The molecule has 4 heteroatoms. The summed E-state index contributed by atoms with van der Waals surface area (Å²) in [7, 11) is 5.79. The average Bonchev–Trinajstić information content (AvgIpc) is 3.36. The fraction of sp³-hybridized carbons (Fsp3) is 0.143. The molecule has 32 heavy (non-hydrogen) atoms. The maximum atomic E-state index is 6.76. The number of benzene rings is 3. The maximum Gasteiger partial charge on any atom is 0.171 e. The van der Waals surface area contributed by atoms with Crippen LogP contribution >= 0.6 is 11.3 Å². The van der Waals surface area contributed by atoms with Crippen molar-refractivity contribution in [2.24, 2.45) is 0 Å². The molecule has 1 atom stereocenters. The highest BCUT2D eigenvalue weighted by Gasteiger charge is 2.33. The van der Waals surface area contributed by atoms with Gasteiger partial charge in [0.1, 0.15) is 11.5 Å². The van der Waals surface area contributed by atoms with Crippen LogP contribution in [-0.2, 0) is 5.60 Å². The van der Waals surface area contributed by atoms with Crippen LogP contribution < -0.4 is 14.4 Å². The molecule has 0 saturated heterocycles. The van der Waals surface area contributed by atoms with E-state index in [4.69, 9.17) is 9.47 Å². The maximum absolute atomic E-state index is 6.76. The molecule has 3 aromatic carbocycles. The quantitative estimate of drug-likeness (QED) is 0.334. The Labute approximate surface area is 192 Å². The Hall–Kier alpha value is -3.50. The molecule has 3 nitrogen and oxygen atoms in total. The van der Waals surface area contributed by atoms with Crippen molar-refractivity contribution in [3.8, 4) is 11.5 Å². The average molecular weight is 440 g/mol. The molecule has 1 unspecified atom stereocenters. The molecule has 0 spiro atoms. The molecular formula is C28H25NO2S. The van der Waals surface area contributed by atoms with Gasteiger partial charge in [0, 0.05) is 35.8 Å². The van der Waals surface area contributed by atoms with E-state index in [9.17, 15) is 0 Å². The second-order valence-electron chi connectivity index (χ2n) is 8.08. The van der Waals surface area contributed by atoms with Crippen LogP contribution in [0.2, 0.25) is 0 Å². The van der Waals surface area contributed by atoms with E-state index in [2.05, 4.69) is 109 Å². The molecule has 0 bridgehead atoms. The first-order valence-corrected chi connectivity index (χ1v) is 11.5. The van der Waals surface area contributed by atoms with Crippen molar-refractivity contribution < 1.29 is 9.47 Å². The van der Waals surface area contributed by atoms with E-state index in [0.29, 0.717) is 0 Å². The highest BCUT2D eigenvalue weighted by molar-refractivity contribution is 7.10. The van der Waals surface area contributed by atoms with Gasteiger partial charge in [0.2, 0.25) is 0 Å². The summed E-state index contributed by atoms with van der Waals surface area (Å²) in [5.74, 6) is 1.73. The van der Waals surface area contributed by atoms with E-state index < -0.39 is 5.60 Å². The molecule has 0 fully saturated rings. The SMILES string of the molecule is COc1ccc2c3c(ccc2c1)OC(C=Cc1cccs1)(c1ccc(N(C)C)cc1)C=C3. The number of ether oxygens (including phenoxy) is 2. The minimum absolute atomic E-state index is 0.679. The molecule has 0 radical (unpaired) electrons. The number of methoxy groups -OCH3 is 1. The molecule has 0 amide bonds. The minimum atomic E-state index is -0.679. The molecule has 5 rings (SSSR count). The second kappa shape index (κ2) is 8.21. The predicted octanol–water partition coefficient (Wildman–Crippen LogP) is 6.99. The van der Waals surface area contributed by atoms with Gasteiger partial charge >= 0.3 is 0 Å². The lowest BCUT2D eigenvalue weighted by Gasteiger charge is -2.34. The van der Waals surface area contributed by atoms with Gasteiger partial charge in [0.05, 0.1) is 7.11 Å². The summed E-state index contributed by atoms with van der Waals surface area (Å²) in [5.41, 5.74) is 2.66. The van der Waals surface area contributed by atoms with Crippen molar-refractivity contribution in [3.05, 3.63) is 100 Å². The van der Waals surface area contributed by atoms with Crippen molar-refractivity contribution in [3.63, 3.8) is 0 Å². The third-order valence-corrected chi connectivity index (χ3v) is 6.72. The lowest BCUT2D eigenvalue weighted by atomic mass is 9.88. The summed E-state index contributed by atoms with van der Waals surface area (Å²) in [4.78, 5) is 3.30. The van der Waals surface area contributed by atoms with Crippen LogP contribution in [0, 0.1) is 0 Å². The van der Waals surface area contributed by atoms with Crippen LogP contribution in [0.15, 0.2) is 84.3 Å². The van der Waals surface area contributed by atoms with Crippen LogP contribution in [0.5, 0.6) is 11.5 Å². The largest absolute Gasteiger partial charge is 0.497 e. The number of anilines is 1. The van der Waals surface area contributed by atoms with Crippen LogP contribution in [0.3, 0.4) is 0 Å². The number of thiophene rings is 1. The van der Waals surface area contributed by atoms with E-state index in [-0.39, 0.29) is 0 Å². The lowest BCUT2D eigenvalue weighted by molar-refractivity contribution is 0.171. The molecule has 160 valence electrons. The number of hydrogen-bond donors (Lipinski definition) is 0. The molecule has 4 aromatic rings. The standard InChI is InChI=1S/C28H25NO2S/c1-29(2)22-9-7-21(8-10-22)28(16-14-24-5-4-18-32-24)17-15-26-25-12-11-23(30-3)19-20(25)6-13-27(26)31-28/h4-19H,1-3H3. The Bertz CT molecular complexity index is 1300. The molecule has 2 heterocycles. The van der Waals surface area contributed by atoms with Crippen LogP contribution in [-0.4, -0.2) is 21.2 Å². The number of rotatable bonds is 5. The smallest absolute Gasteiger partial charge is 0.171 e. The van der Waals surface area contributed by atoms with E-state index in [1.54, 1.807) is 18.4 Å². The Morgan fingerprint density at radius 3 is 2.56 bits per heavy atom. The van der Waals surface area contributed by atoms with Crippen molar-refractivity contribution in [2.45, 2.75) is 5.60 Å². The summed E-state index contributed by atoms with van der Waals surface area (Å²) >= 11 is 1.72.